The number of piperazine rings is 1. The van der Waals surface area contributed by atoms with Gasteiger partial charge in [0.25, 0.3) is 0 Å². The number of hydrogen-bond acceptors (Lipinski definition) is 3. The second kappa shape index (κ2) is 6.58. The fraction of sp³-hybridized carbons (Fsp3) is 1.00. The normalized spacial score (nSPS) is 36.3. The molecule has 1 saturated carbocycles. The van der Waals surface area contributed by atoms with E-state index in [1.54, 1.807) is 0 Å². The summed E-state index contributed by atoms with van der Waals surface area (Å²) in [6.45, 7) is 9.22. The standard InChI is InChI=1S/C15H28IN3/c1-17-4-2-15(3-5-17)19-8-6-18(7-9-19)12-13-10-14(16)11-13/h13-15H,2-12H2,1H3. The Hall–Kier alpha value is 0.610. The molecule has 2 aliphatic heterocycles. The maximum Gasteiger partial charge on any atom is 0.0121 e. The van der Waals surface area contributed by atoms with Crippen molar-refractivity contribution in [3.8, 4) is 0 Å². The van der Waals surface area contributed by atoms with Crippen LogP contribution in [0.15, 0.2) is 0 Å². The molecule has 4 heteroatoms. The van der Waals surface area contributed by atoms with E-state index in [1.807, 2.05) is 0 Å². The minimum Gasteiger partial charge on any atom is -0.306 e. The van der Waals surface area contributed by atoms with Crippen molar-refractivity contribution in [1.29, 1.82) is 0 Å². The molecule has 3 aliphatic rings. The van der Waals surface area contributed by atoms with Crippen molar-refractivity contribution in [1.82, 2.24) is 14.7 Å². The zero-order valence-electron chi connectivity index (χ0n) is 12.2. The van der Waals surface area contributed by atoms with Crippen molar-refractivity contribution in [2.75, 3.05) is 52.9 Å². The van der Waals surface area contributed by atoms with Gasteiger partial charge >= 0.3 is 0 Å². The molecule has 0 bridgehead atoms. The van der Waals surface area contributed by atoms with Crippen molar-refractivity contribution in [3.05, 3.63) is 0 Å². The van der Waals surface area contributed by atoms with Crippen LogP contribution in [0.5, 0.6) is 0 Å². The van der Waals surface area contributed by atoms with Gasteiger partial charge in [0.1, 0.15) is 0 Å². The summed E-state index contributed by atoms with van der Waals surface area (Å²) in [5, 5.41) is 0. The Balaban J connectivity index is 1.37. The van der Waals surface area contributed by atoms with Gasteiger partial charge in [-0.1, -0.05) is 22.6 Å². The van der Waals surface area contributed by atoms with Crippen LogP contribution in [0.4, 0.5) is 0 Å². The fourth-order valence-electron chi connectivity index (χ4n) is 3.84. The first-order valence-corrected chi connectivity index (χ1v) is 9.24. The van der Waals surface area contributed by atoms with Crippen LogP contribution in [-0.4, -0.2) is 77.5 Å². The van der Waals surface area contributed by atoms with E-state index in [4.69, 9.17) is 0 Å². The van der Waals surface area contributed by atoms with E-state index in [-0.39, 0.29) is 0 Å². The van der Waals surface area contributed by atoms with E-state index in [2.05, 4.69) is 44.3 Å². The Morgan fingerprint density at radius 3 is 2.16 bits per heavy atom. The van der Waals surface area contributed by atoms with Crippen molar-refractivity contribution in [3.63, 3.8) is 0 Å². The molecule has 2 heterocycles. The van der Waals surface area contributed by atoms with Crippen LogP contribution in [-0.2, 0) is 0 Å². The maximum absolute atomic E-state index is 2.77. The highest BCUT2D eigenvalue weighted by Crippen LogP contribution is 2.34. The first-order chi connectivity index (χ1) is 9.20. The Bertz CT molecular complexity index is 277. The second-order valence-corrected chi connectivity index (χ2v) is 8.57. The van der Waals surface area contributed by atoms with E-state index in [0.717, 1.165) is 15.9 Å². The summed E-state index contributed by atoms with van der Waals surface area (Å²) in [6.07, 6.45) is 5.71. The molecule has 0 amide bonds. The van der Waals surface area contributed by atoms with E-state index in [9.17, 15) is 0 Å². The SMILES string of the molecule is CN1CCC(N2CCN(CC3CC(I)C3)CC2)CC1. The summed E-state index contributed by atoms with van der Waals surface area (Å²) in [4.78, 5) is 7.97. The lowest BCUT2D eigenvalue weighted by atomic mass is 9.85. The van der Waals surface area contributed by atoms with Crippen molar-refractivity contribution in [2.45, 2.75) is 35.6 Å². The Kier molecular flexibility index (Phi) is 5.04. The molecular formula is C15H28IN3. The number of rotatable bonds is 3. The average Bonchev–Trinajstić information content (AvgIpc) is 2.39. The van der Waals surface area contributed by atoms with Gasteiger partial charge in [-0.25, -0.2) is 0 Å². The van der Waals surface area contributed by atoms with Crippen LogP contribution >= 0.6 is 22.6 Å². The molecule has 3 nitrogen and oxygen atoms in total. The summed E-state index contributed by atoms with van der Waals surface area (Å²) in [7, 11) is 2.26. The van der Waals surface area contributed by atoms with Crippen LogP contribution in [0.25, 0.3) is 0 Å². The second-order valence-electron chi connectivity index (χ2n) is 6.81. The van der Waals surface area contributed by atoms with Crippen LogP contribution in [0, 0.1) is 5.92 Å². The molecule has 2 saturated heterocycles. The molecule has 0 radical (unpaired) electrons. The molecule has 0 aromatic carbocycles. The molecule has 3 rings (SSSR count). The van der Waals surface area contributed by atoms with Crippen molar-refractivity contribution in [2.24, 2.45) is 5.92 Å². The smallest absolute Gasteiger partial charge is 0.0121 e. The molecule has 0 spiro atoms. The molecule has 110 valence electrons. The van der Waals surface area contributed by atoms with Crippen LogP contribution in [0.1, 0.15) is 25.7 Å². The lowest BCUT2D eigenvalue weighted by Crippen LogP contribution is -2.54. The zero-order valence-corrected chi connectivity index (χ0v) is 14.4. The number of alkyl halides is 1. The lowest BCUT2D eigenvalue weighted by Gasteiger charge is -2.44. The van der Waals surface area contributed by atoms with Gasteiger partial charge in [-0.2, -0.15) is 0 Å². The van der Waals surface area contributed by atoms with Crippen LogP contribution in [0.2, 0.25) is 0 Å². The van der Waals surface area contributed by atoms with Gasteiger partial charge in [0.2, 0.25) is 0 Å². The maximum atomic E-state index is 2.77. The summed E-state index contributed by atoms with van der Waals surface area (Å²) in [5.41, 5.74) is 0. The Morgan fingerprint density at radius 2 is 1.58 bits per heavy atom. The van der Waals surface area contributed by atoms with Crippen LogP contribution < -0.4 is 0 Å². The van der Waals surface area contributed by atoms with Crippen LogP contribution in [0.3, 0.4) is 0 Å². The Labute approximate surface area is 131 Å². The van der Waals surface area contributed by atoms with E-state index in [1.165, 1.54) is 71.5 Å². The van der Waals surface area contributed by atoms with Gasteiger partial charge in [-0.15, -0.1) is 0 Å². The quantitative estimate of drug-likeness (QED) is 0.550. The largest absolute Gasteiger partial charge is 0.306 e. The molecule has 19 heavy (non-hydrogen) atoms. The number of nitrogens with zero attached hydrogens (tertiary/aromatic N) is 3. The topological polar surface area (TPSA) is 9.72 Å². The first kappa shape index (κ1) is 14.5. The molecule has 0 atom stereocenters. The number of likely N-dealkylation sites (tertiary alicyclic amines) is 1. The van der Waals surface area contributed by atoms with Gasteiger partial charge < -0.3 is 9.80 Å². The van der Waals surface area contributed by atoms with Crippen molar-refractivity contribution >= 4 is 22.6 Å². The van der Waals surface area contributed by atoms with E-state index in [0.29, 0.717) is 0 Å². The fourth-order valence-corrected chi connectivity index (χ4v) is 5.28. The predicted molar refractivity (Wildman–Crippen MR) is 89.1 cm³/mol. The highest BCUT2D eigenvalue weighted by Gasteiger charge is 2.31. The molecule has 3 fully saturated rings. The number of hydrogen-bond donors (Lipinski definition) is 0. The molecular weight excluding hydrogens is 349 g/mol. The van der Waals surface area contributed by atoms with E-state index < -0.39 is 0 Å². The monoisotopic (exact) mass is 377 g/mol. The molecule has 0 unspecified atom stereocenters. The summed E-state index contributed by atoms with van der Waals surface area (Å²) >= 11 is 2.61. The third-order valence-electron chi connectivity index (χ3n) is 5.31. The summed E-state index contributed by atoms with van der Waals surface area (Å²) in [5.74, 6) is 1.01. The third-order valence-corrected chi connectivity index (χ3v) is 6.32. The number of halogens is 1. The molecule has 1 aliphatic carbocycles. The number of piperidine rings is 1. The van der Waals surface area contributed by atoms with E-state index >= 15 is 0 Å². The van der Waals surface area contributed by atoms with Gasteiger partial charge in [0.15, 0.2) is 0 Å². The lowest BCUT2D eigenvalue weighted by molar-refractivity contribution is 0.0529. The van der Waals surface area contributed by atoms with Crippen molar-refractivity contribution < 1.29 is 0 Å². The van der Waals surface area contributed by atoms with Gasteiger partial charge in [-0.05, 0) is 51.7 Å². The average molecular weight is 377 g/mol. The van der Waals surface area contributed by atoms with Gasteiger partial charge in [0, 0.05) is 42.7 Å². The molecule has 0 aromatic heterocycles. The molecule has 0 N–H and O–H groups in total. The zero-order chi connectivity index (χ0) is 13.2. The first-order valence-electron chi connectivity index (χ1n) is 7.99. The minimum absolute atomic E-state index is 0.876. The molecule has 0 aromatic rings. The predicted octanol–water partition coefficient (Wildman–Crippen LogP) is 1.91. The highest BCUT2D eigenvalue weighted by atomic mass is 127. The van der Waals surface area contributed by atoms with Gasteiger partial charge in [0.05, 0.1) is 0 Å². The summed E-state index contributed by atoms with van der Waals surface area (Å²) in [6, 6.07) is 0.876. The minimum atomic E-state index is 0.876. The Morgan fingerprint density at radius 1 is 0.947 bits per heavy atom. The van der Waals surface area contributed by atoms with Gasteiger partial charge in [-0.3, -0.25) is 4.90 Å². The summed E-state index contributed by atoms with van der Waals surface area (Å²) < 4.78 is 0.975. The third kappa shape index (κ3) is 3.83. The highest BCUT2D eigenvalue weighted by molar-refractivity contribution is 14.1.